The second kappa shape index (κ2) is 7.99. The van der Waals surface area contributed by atoms with Gasteiger partial charge in [0.05, 0.1) is 5.92 Å². The van der Waals surface area contributed by atoms with Crippen LogP contribution < -0.4 is 0 Å². The molecule has 0 bridgehead atoms. The van der Waals surface area contributed by atoms with Crippen molar-refractivity contribution in [3.8, 4) is 0 Å². The summed E-state index contributed by atoms with van der Waals surface area (Å²) in [5.74, 6) is 0.399. The quantitative estimate of drug-likeness (QED) is 0.791. The molecule has 0 N–H and O–H groups in total. The number of piperidine rings is 2. The molecule has 3 atom stereocenters. The van der Waals surface area contributed by atoms with Crippen LogP contribution in [0.1, 0.15) is 61.7 Å². The number of halogens is 1. The Morgan fingerprint density at radius 2 is 1.59 bits per heavy atom. The standard InChI is InChI=1S/C22H29FN2O2/c23-19-11-9-17(10-12-19)21(26)24-13-3-7-18(15-24)22(27)25-14-4-6-16-5-1-2-8-20(16)25/h9-12,16,18,20H,1-8,13-15H2/t16-,18+,20+/m1/s1. The third-order valence-electron chi connectivity index (χ3n) is 6.68. The number of likely N-dealkylation sites (tertiary alicyclic amines) is 2. The lowest BCUT2D eigenvalue weighted by molar-refractivity contribution is -0.143. The minimum Gasteiger partial charge on any atom is -0.339 e. The third kappa shape index (κ3) is 3.87. The van der Waals surface area contributed by atoms with Gasteiger partial charge in [0.25, 0.3) is 5.91 Å². The van der Waals surface area contributed by atoms with E-state index in [0.717, 1.165) is 32.2 Å². The average molecular weight is 372 g/mol. The van der Waals surface area contributed by atoms with Crippen LogP contribution in [-0.4, -0.2) is 47.3 Å². The van der Waals surface area contributed by atoms with E-state index in [1.807, 2.05) is 0 Å². The van der Waals surface area contributed by atoms with Gasteiger partial charge in [-0.3, -0.25) is 9.59 Å². The molecule has 4 nitrogen and oxygen atoms in total. The van der Waals surface area contributed by atoms with Gasteiger partial charge in [-0.15, -0.1) is 0 Å². The predicted molar refractivity (Wildman–Crippen MR) is 102 cm³/mol. The molecule has 2 heterocycles. The lowest BCUT2D eigenvalue weighted by Gasteiger charge is -2.46. The van der Waals surface area contributed by atoms with Gasteiger partial charge in [0.15, 0.2) is 0 Å². The minimum absolute atomic E-state index is 0.0937. The van der Waals surface area contributed by atoms with Gasteiger partial charge in [-0.25, -0.2) is 4.39 Å². The summed E-state index contributed by atoms with van der Waals surface area (Å²) in [7, 11) is 0. The van der Waals surface area contributed by atoms with Crippen molar-refractivity contribution in [3.05, 3.63) is 35.6 Å². The fraction of sp³-hybridized carbons (Fsp3) is 0.636. The lowest BCUT2D eigenvalue weighted by atomic mass is 9.77. The second-order valence-corrected chi connectivity index (χ2v) is 8.38. The smallest absolute Gasteiger partial charge is 0.253 e. The van der Waals surface area contributed by atoms with E-state index in [1.165, 1.54) is 49.9 Å². The van der Waals surface area contributed by atoms with Gasteiger partial charge < -0.3 is 9.80 Å². The number of rotatable bonds is 2. The average Bonchev–Trinajstić information content (AvgIpc) is 2.73. The Morgan fingerprint density at radius 3 is 2.41 bits per heavy atom. The summed E-state index contributed by atoms with van der Waals surface area (Å²) in [5, 5.41) is 0. The molecule has 146 valence electrons. The summed E-state index contributed by atoms with van der Waals surface area (Å²) in [5.41, 5.74) is 0.495. The summed E-state index contributed by atoms with van der Waals surface area (Å²) in [6.07, 6.45) is 9.00. The summed E-state index contributed by atoms with van der Waals surface area (Å²) in [6.45, 7) is 2.04. The molecule has 2 saturated heterocycles. The Hall–Kier alpha value is -1.91. The Bertz CT molecular complexity index is 688. The van der Waals surface area contributed by atoms with E-state index in [1.54, 1.807) is 4.90 Å². The number of carbonyl (C=O) groups excluding carboxylic acids is 2. The van der Waals surface area contributed by atoms with Crippen molar-refractivity contribution in [2.75, 3.05) is 19.6 Å². The maximum Gasteiger partial charge on any atom is 0.253 e. The second-order valence-electron chi connectivity index (χ2n) is 8.38. The zero-order valence-corrected chi connectivity index (χ0v) is 15.9. The number of hydrogen-bond acceptors (Lipinski definition) is 2. The van der Waals surface area contributed by atoms with Crippen molar-refractivity contribution in [1.82, 2.24) is 9.80 Å². The molecule has 3 fully saturated rings. The summed E-state index contributed by atoms with van der Waals surface area (Å²) < 4.78 is 13.1. The van der Waals surface area contributed by atoms with Crippen LogP contribution >= 0.6 is 0 Å². The monoisotopic (exact) mass is 372 g/mol. The topological polar surface area (TPSA) is 40.6 Å². The minimum atomic E-state index is -0.342. The van der Waals surface area contributed by atoms with Crippen LogP contribution in [0.25, 0.3) is 0 Å². The van der Waals surface area contributed by atoms with Crippen LogP contribution in [0.15, 0.2) is 24.3 Å². The van der Waals surface area contributed by atoms with Crippen molar-refractivity contribution in [2.45, 2.75) is 57.4 Å². The van der Waals surface area contributed by atoms with Crippen molar-refractivity contribution in [1.29, 1.82) is 0 Å². The zero-order valence-electron chi connectivity index (χ0n) is 15.9. The first-order chi connectivity index (χ1) is 13.1. The largest absolute Gasteiger partial charge is 0.339 e. The van der Waals surface area contributed by atoms with Crippen LogP contribution in [0.4, 0.5) is 4.39 Å². The molecule has 1 aliphatic carbocycles. The van der Waals surface area contributed by atoms with E-state index in [4.69, 9.17) is 0 Å². The van der Waals surface area contributed by atoms with Crippen LogP contribution in [-0.2, 0) is 4.79 Å². The lowest BCUT2D eigenvalue weighted by Crippen LogP contribution is -2.54. The molecule has 0 spiro atoms. The van der Waals surface area contributed by atoms with Gasteiger partial charge in [0.1, 0.15) is 5.82 Å². The predicted octanol–water partition coefficient (Wildman–Crippen LogP) is 3.86. The Balaban J connectivity index is 1.43. The van der Waals surface area contributed by atoms with Crippen molar-refractivity contribution >= 4 is 11.8 Å². The summed E-state index contributed by atoms with van der Waals surface area (Å²) in [4.78, 5) is 30.0. The Labute approximate surface area is 160 Å². The molecule has 5 heteroatoms. The molecular formula is C22H29FN2O2. The first-order valence-corrected chi connectivity index (χ1v) is 10.5. The van der Waals surface area contributed by atoms with E-state index in [-0.39, 0.29) is 23.5 Å². The number of fused-ring (bicyclic) bond motifs is 1. The first-order valence-electron chi connectivity index (χ1n) is 10.5. The highest BCUT2D eigenvalue weighted by Crippen LogP contribution is 2.36. The van der Waals surface area contributed by atoms with Crippen LogP contribution in [0.5, 0.6) is 0 Å². The van der Waals surface area contributed by atoms with Crippen LogP contribution in [0.3, 0.4) is 0 Å². The highest BCUT2D eigenvalue weighted by atomic mass is 19.1. The maximum absolute atomic E-state index is 13.3. The molecule has 1 aromatic rings. The van der Waals surface area contributed by atoms with Crippen molar-refractivity contribution < 1.29 is 14.0 Å². The fourth-order valence-electron chi connectivity index (χ4n) is 5.27. The highest BCUT2D eigenvalue weighted by molar-refractivity contribution is 5.94. The SMILES string of the molecule is O=C(c1ccc(F)cc1)N1CCC[C@H](C(=O)N2CCC[C@H]3CCCC[C@@H]32)C1. The molecule has 2 amide bonds. The molecule has 2 aliphatic heterocycles. The third-order valence-corrected chi connectivity index (χ3v) is 6.68. The van der Waals surface area contributed by atoms with Gasteiger partial charge in [-0.05, 0) is 68.7 Å². The van der Waals surface area contributed by atoms with Crippen molar-refractivity contribution in [2.24, 2.45) is 11.8 Å². The van der Waals surface area contributed by atoms with Gasteiger partial charge in [-0.2, -0.15) is 0 Å². The van der Waals surface area contributed by atoms with E-state index in [2.05, 4.69) is 4.90 Å². The molecule has 3 aliphatic rings. The number of benzene rings is 1. The number of amides is 2. The zero-order chi connectivity index (χ0) is 18.8. The molecule has 4 rings (SSSR count). The summed E-state index contributed by atoms with van der Waals surface area (Å²) >= 11 is 0. The van der Waals surface area contributed by atoms with E-state index < -0.39 is 0 Å². The van der Waals surface area contributed by atoms with E-state index in [9.17, 15) is 14.0 Å². The Morgan fingerprint density at radius 1 is 0.889 bits per heavy atom. The molecular weight excluding hydrogens is 343 g/mol. The van der Waals surface area contributed by atoms with Crippen molar-refractivity contribution in [3.63, 3.8) is 0 Å². The van der Waals surface area contributed by atoms with E-state index in [0.29, 0.717) is 30.6 Å². The van der Waals surface area contributed by atoms with Crippen LogP contribution in [0, 0.1) is 17.7 Å². The Kier molecular flexibility index (Phi) is 5.46. The molecule has 0 unspecified atom stereocenters. The molecule has 1 aromatic carbocycles. The number of carbonyl (C=O) groups is 2. The molecule has 0 aromatic heterocycles. The summed E-state index contributed by atoms with van der Waals surface area (Å²) in [6, 6.07) is 6.11. The van der Waals surface area contributed by atoms with Crippen LogP contribution in [0.2, 0.25) is 0 Å². The number of hydrogen-bond donors (Lipinski definition) is 0. The maximum atomic E-state index is 13.3. The van der Waals surface area contributed by atoms with Gasteiger partial charge in [-0.1, -0.05) is 12.8 Å². The molecule has 0 radical (unpaired) electrons. The van der Waals surface area contributed by atoms with Gasteiger partial charge in [0, 0.05) is 31.2 Å². The van der Waals surface area contributed by atoms with Gasteiger partial charge >= 0.3 is 0 Å². The highest BCUT2D eigenvalue weighted by Gasteiger charge is 2.39. The number of nitrogens with zero attached hydrogens (tertiary/aromatic N) is 2. The fourth-order valence-corrected chi connectivity index (χ4v) is 5.27. The first kappa shape index (κ1) is 18.5. The molecule has 1 saturated carbocycles. The van der Waals surface area contributed by atoms with Gasteiger partial charge in [0.2, 0.25) is 5.91 Å². The van der Waals surface area contributed by atoms with E-state index >= 15 is 0 Å². The molecule has 27 heavy (non-hydrogen) atoms. The normalized spacial score (nSPS) is 28.6.